The normalized spacial score (nSPS) is 15.9. The van der Waals surface area contributed by atoms with Gasteiger partial charge in [0.05, 0.1) is 12.3 Å². The Morgan fingerprint density at radius 2 is 2.13 bits per heavy atom. The zero-order valence-corrected chi connectivity index (χ0v) is 13.6. The van der Waals surface area contributed by atoms with E-state index < -0.39 is 0 Å². The second-order valence-corrected chi connectivity index (χ2v) is 6.55. The maximum Gasteiger partial charge on any atom is 0.235 e. The van der Waals surface area contributed by atoms with Crippen LogP contribution < -0.4 is 9.64 Å². The molecule has 1 amide bonds. The molecule has 1 saturated carbocycles. The summed E-state index contributed by atoms with van der Waals surface area (Å²) in [6.07, 6.45) is 2.80. The second kappa shape index (κ2) is 5.53. The Kier molecular flexibility index (Phi) is 3.49. The Morgan fingerprint density at radius 3 is 2.87 bits per heavy atom. The number of pyridine rings is 1. The smallest absolute Gasteiger partial charge is 0.235 e. The number of aryl methyl sites for hydroxylation is 1. The molecule has 4 nitrogen and oxygen atoms in total. The molecule has 5 heteroatoms. The number of ether oxygens (including phenoxy) is 1. The number of aromatic nitrogens is 1. The summed E-state index contributed by atoms with van der Waals surface area (Å²) < 4.78 is 5.64. The highest BCUT2D eigenvalue weighted by molar-refractivity contribution is 6.29. The molecule has 2 heterocycles. The molecule has 2 aromatic rings. The predicted octanol–water partition coefficient (Wildman–Crippen LogP) is 4.05. The number of rotatable bonds is 3. The number of hydrogen-bond acceptors (Lipinski definition) is 3. The number of benzene rings is 1. The summed E-state index contributed by atoms with van der Waals surface area (Å²) in [6.45, 7) is 2.65. The molecular formula is C18H17ClN2O2. The molecule has 0 atom stereocenters. The molecule has 0 spiro atoms. The molecule has 1 aliphatic carbocycles. The first kappa shape index (κ1) is 14.5. The number of anilines is 2. The highest BCUT2D eigenvalue weighted by Gasteiger charge is 2.36. The van der Waals surface area contributed by atoms with Gasteiger partial charge >= 0.3 is 0 Å². The molecule has 0 unspecified atom stereocenters. The van der Waals surface area contributed by atoms with Gasteiger partial charge in [0.2, 0.25) is 5.91 Å². The molecule has 0 saturated heterocycles. The molecule has 0 radical (unpaired) electrons. The summed E-state index contributed by atoms with van der Waals surface area (Å²) in [5.74, 6) is 1.60. The zero-order valence-electron chi connectivity index (χ0n) is 12.9. The monoisotopic (exact) mass is 328 g/mol. The van der Waals surface area contributed by atoms with E-state index in [2.05, 4.69) is 4.98 Å². The maximum atomic E-state index is 12.8. The highest BCUT2D eigenvalue weighted by atomic mass is 35.5. The molecule has 0 N–H and O–H groups in total. The number of halogens is 1. The first-order valence-corrected chi connectivity index (χ1v) is 8.23. The van der Waals surface area contributed by atoms with E-state index >= 15 is 0 Å². The van der Waals surface area contributed by atoms with Crippen molar-refractivity contribution in [3.05, 3.63) is 46.6 Å². The number of nitrogens with zero attached hydrogens (tertiary/aromatic N) is 2. The molecule has 4 rings (SSSR count). The van der Waals surface area contributed by atoms with Crippen LogP contribution in [0.2, 0.25) is 5.15 Å². The van der Waals surface area contributed by atoms with Gasteiger partial charge in [-0.2, -0.15) is 0 Å². The Bertz CT molecular complexity index is 766. The van der Waals surface area contributed by atoms with E-state index in [1.807, 2.05) is 31.2 Å². The third-order valence-corrected chi connectivity index (χ3v) is 4.43. The summed E-state index contributed by atoms with van der Waals surface area (Å²) in [5.41, 5.74) is 2.95. The molecule has 1 fully saturated rings. The van der Waals surface area contributed by atoms with Crippen molar-refractivity contribution in [2.75, 3.05) is 11.5 Å². The molecule has 2 aliphatic rings. The van der Waals surface area contributed by atoms with Crippen molar-refractivity contribution >= 4 is 29.0 Å². The van der Waals surface area contributed by atoms with Crippen LogP contribution in [0.3, 0.4) is 0 Å². The third kappa shape index (κ3) is 2.79. The quantitative estimate of drug-likeness (QED) is 0.798. The Labute approximate surface area is 140 Å². The van der Waals surface area contributed by atoms with E-state index in [1.54, 1.807) is 11.0 Å². The average Bonchev–Trinajstić information content (AvgIpc) is 3.25. The van der Waals surface area contributed by atoms with Crippen molar-refractivity contribution in [3.8, 4) is 5.75 Å². The van der Waals surface area contributed by atoms with E-state index in [4.69, 9.17) is 16.3 Å². The molecule has 1 aromatic carbocycles. The number of carbonyl (C=O) groups is 1. The summed E-state index contributed by atoms with van der Waals surface area (Å²) in [5, 5.41) is 0.394. The minimum Gasteiger partial charge on any atom is -0.493 e. The third-order valence-electron chi connectivity index (χ3n) is 4.24. The molecule has 0 bridgehead atoms. The van der Waals surface area contributed by atoms with Crippen LogP contribution in [-0.2, 0) is 11.2 Å². The number of hydrogen-bond donors (Lipinski definition) is 0. The van der Waals surface area contributed by atoms with E-state index in [9.17, 15) is 4.79 Å². The van der Waals surface area contributed by atoms with Gasteiger partial charge in [-0.15, -0.1) is 0 Å². The number of amides is 1. The van der Waals surface area contributed by atoms with Crippen LogP contribution in [0.5, 0.6) is 5.75 Å². The van der Waals surface area contributed by atoms with Crippen LogP contribution in [0.15, 0.2) is 30.3 Å². The number of carbonyl (C=O) groups excluding carboxylic acids is 1. The largest absolute Gasteiger partial charge is 0.493 e. The lowest BCUT2D eigenvalue weighted by molar-refractivity contribution is -0.119. The van der Waals surface area contributed by atoms with Crippen molar-refractivity contribution in [1.29, 1.82) is 0 Å². The molecular weight excluding hydrogens is 312 g/mol. The Balaban J connectivity index is 1.80. The lowest BCUT2D eigenvalue weighted by Crippen LogP contribution is -2.28. The first-order valence-electron chi connectivity index (χ1n) is 7.86. The fourth-order valence-electron chi connectivity index (χ4n) is 2.90. The summed E-state index contributed by atoms with van der Waals surface area (Å²) in [7, 11) is 0. The lowest BCUT2D eigenvalue weighted by Gasteiger charge is -2.23. The van der Waals surface area contributed by atoms with Gasteiger partial charge in [0.25, 0.3) is 0 Å². The van der Waals surface area contributed by atoms with Gasteiger partial charge in [-0.25, -0.2) is 4.98 Å². The van der Waals surface area contributed by atoms with Crippen LogP contribution in [0.1, 0.15) is 24.0 Å². The molecule has 118 valence electrons. The fraction of sp³-hybridized carbons (Fsp3) is 0.333. The molecule has 23 heavy (non-hydrogen) atoms. The summed E-state index contributed by atoms with van der Waals surface area (Å²) in [4.78, 5) is 18.9. The fourth-order valence-corrected chi connectivity index (χ4v) is 3.16. The first-order chi connectivity index (χ1) is 11.1. The van der Waals surface area contributed by atoms with Crippen LogP contribution in [0, 0.1) is 12.8 Å². The van der Waals surface area contributed by atoms with E-state index in [0.29, 0.717) is 17.6 Å². The van der Waals surface area contributed by atoms with Gasteiger partial charge in [0.1, 0.15) is 16.7 Å². The van der Waals surface area contributed by atoms with Crippen LogP contribution in [0.4, 0.5) is 11.5 Å². The lowest BCUT2D eigenvalue weighted by atomic mass is 10.1. The Morgan fingerprint density at radius 1 is 1.30 bits per heavy atom. The van der Waals surface area contributed by atoms with Crippen LogP contribution in [0.25, 0.3) is 0 Å². The van der Waals surface area contributed by atoms with Crippen LogP contribution >= 0.6 is 11.6 Å². The molecule has 1 aromatic heterocycles. The van der Waals surface area contributed by atoms with Crippen molar-refractivity contribution in [3.63, 3.8) is 0 Å². The van der Waals surface area contributed by atoms with Gasteiger partial charge in [-0.1, -0.05) is 17.7 Å². The van der Waals surface area contributed by atoms with E-state index in [-0.39, 0.29) is 11.8 Å². The van der Waals surface area contributed by atoms with Gasteiger partial charge in [-0.05, 0) is 49.1 Å². The van der Waals surface area contributed by atoms with Gasteiger partial charge in [-0.3, -0.25) is 9.69 Å². The molecule has 1 aliphatic heterocycles. The van der Waals surface area contributed by atoms with Crippen molar-refractivity contribution < 1.29 is 9.53 Å². The van der Waals surface area contributed by atoms with Gasteiger partial charge in [0.15, 0.2) is 0 Å². The maximum absolute atomic E-state index is 12.8. The van der Waals surface area contributed by atoms with E-state index in [1.165, 1.54) is 5.56 Å². The van der Waals surface area contributed by atoms with Crippen molar-refractivity contribution in [1.82, 2.24) is 4.98 Å². The zero-order chi connectivity index (χ0) is 16.0. The predicted molar refractivity (Wildman–Crippen MR) is 89.5 cm³/mol. The van der Waals surface area contributed by atoms with E-state index in [0.717, 1.165) is 36.3 Å². The summed E-state index contributed by atoms with van der Waals surface area (Å²) >= 11 is 6.10. The van der Waals surface area contributed by atoms with Gasteiger partial charge in [0, 0.05) is 18.4 Å². The summed E-state index contributed by atoms with van der Waals surface area (Å²) in [6, 6.07) is 9.60. The van der Waals surface area contributed by atoms with Gasteiger partial charge < -0.3 is 4.74 Å². The highest BCUT2D eigenvalue weighted by Crippen LogP contribution is 2.38. The minimum atomic E-state index is 0.0807. The van der Waals surface area contributed by atoms with Crippen molar-refractivity contribution in [2.45, 2.75) is 26.2 Å². The number of fused-ring (bicyclic) bond motifs is 1. The second-order valence-electron chi connectivity index (χ2n) is 6.16. The minimum absolute atomic E-state index is 0.0807. The SMILES string of the molecule is Cc1cc(Cl)nc(N(C(=O)C2CC2)c2ccc3c(c2)OCC3)c1. The average molecular weight is 329 g/mol. The standard InChI is InChI=1S/C18H17ClN2O2/c1-11-8-16(19)20-17(9-11)21(18(22)13-2-3-13)14-5-4-12-6-7-23-15(12)10-14/h4-5,8-10,13H,2-3,6-7H2,1H3. The Hall–Kier alpha value is -2.07. The topological polar surface area (TPSA) is 42.4 Å². The van der Waals surface area contributed by atoms with Crippen LogP contribution in [-0.4, -0.2) is 17.5 Å². The van der Waals surface area contributed by atoms with Crippen molar-refractivity contribution in [2.24, 2.45) is 5.92 Å².